The SMILES string of the molecule is CCCCCCCCOc1ccc(-c2ccc(OC(=O)C3CCC(CCCCCC)CC3)cc2)nc1. The van der Waals surface area contributed by atoms with Crippen LogP contribution in [0.3, 0.4) is 0 Å². The maximum atomic E-state index is 12.7. The van der Waals surface area contributed by atoms with Gasteiger partial charge in [0.2, 0.25) is 0 Å². The van der Waals surface area contributed by atoms with Gasteiger partial charge in [-0.3, -0.25) is 9.78 Å². The predicted octanol–water partition coefficient (Wildman–Crippen LogP) is 9.17. The second kappa shape index (κ2) is 16.4. The van der Waals surface area contributed by atoms with E-state index in [1.165, 1.54) is 64.2 Å². The van der Waals surface area contributed by atoms with Gasteiger partial charge in [-0.15, -0.1) is 0 Å². The summed E-state index contributed by atoms with van der Waals surface area (Å²) in [5, 5.41) is 0. The first-order valence-corrected chi connectivity index (χ1v) is 14.6. The number of unbranched alkanes of at least 4 members (excludes halogenated alkanes) is 8. The second-order valence-corrected chi connectivity index (χ2v) is 10.5. The zero-order chi connectivity index (χ0) is 25.4. The molecule has 0 bridgehead atoms. The van der Waals surface area contributed by atoms with Crippen molar-refractivity contribution in [3.63, 3.8) is 0 Å². The highest BCUT2D eigenvalue weighted by Crippen LogP contribution is 2.33. The van der Waals surface area contributed by atoms with Crippen LogP contribution < -0.4 is 9.47 Å². The molecule has 3 rings (SSSR count). The third kappa shape index (κ3) is 9.95. The summed E-state index contributed by atoms with van der Waals surface area (Å²) in [5.41, 5.74) is 1.89. The molecule has 1 aromatic heterocycles. The molecule has 0 amide bonds. The molecular formula is C32H47NO3. The molecule has 0 unspecified atom stereocenters. The van der Waals surface area contributed by atoms with Crippen molar-refractivity contribution in [2.45, 2.75) is 110 Å². The van der Waals surface area contributed by atoms with Crippen LogP contribution in [-0.2, 0) is 4.79 Å². The topological polar surface area (TPSA) is 48.4 Å². The van der Waals surface area contributed by atoms with E-state index < -0.39 is 0 Å². The zero-order valence-electron chi connectivity index (χ0n) is 22.7. The molecule has 1 fully saturated rings. The summed E-state index contributed by atoms with van der Waals surface area (Å²) < 4.78 is 11.6. The molecule has 0 saturated heterocycles. The lowest BCUT2D eigenvalue weighted by Gasteiger charge is -2.27. The minimum Gasteiger partial charge on any atom is -0.492 e. The molecule has 0 spiro atoms. The smallest absolute Gasteiger partial charge is 0.314 e. The first kappa shape index (κ1) is 28.2. The van der Waals surface area contributed by atoms with Crippen molar-refractivity contribution in [3.8, 4) is 22.8 Å². The van der Waals surface area contributed by atoms with E-state index in [0.717, 1.165) is 61.6 Å². The zero-order valence-corrected chi connectivity index (χ0v) is 22.7. The standard InChI is InChI=1S/C32H47NO3/c1-3-5-7-9-10-12-24-35-30-22-23-31(33-25-30)27-18-20-29(21-19-27)36-32(34)28-16-14-26(15-17-28)13-11-8-6-4-2/h18-23,25-26,28H,3-17,24H2,1-2H3. The highest BCUT2D eigenvalue weighted by atomic mass is 16.5. The van der Waals surface area contributed by atoms with Crippen molar-refractivity contribution < 1.29 is 14.3 Å². The summed E-state index contributed by atoms with van der Waals surface area (Å²) in [5.74, 6) is 2.20. The van der Waals surface area contributed by atoms with Crippen LogP contribution in [0.25, 0.3) is 11.3 Å². The van der Waals surface area contributed by atoms with E-state index in [1.54, 1.807) is 6.20 Å². The molecule has 198 valence electrons. The largest absolute Gasteiger partial charge is 0.492 e. The Hall–Kier alpha value is -2.36. The molecule has 0 radical (unpaired) electrons. The summed E-state index contributed by atoms with van der Waals surface area (Å²) in [4.78, 5) is 17.2. The molecule has 0 atom stereocenters. The Morgan fingerprint density at radius 1 is 0.778 bits per heavy atom. The number of rotatable bonds is 16. The summed E-state index contributed by atoms with van der Waals surface area (Å²) in [7, 11) is 0. The number of ether oxygens (including phenoxy) is 2. The highest BCUT2D eigenvalue weighted by Gasteiger charge is 2.27. The van der Waals surface area contributed by atoms with Crippen LogP contribution in [0, 0.1) is 11.8 Å². The van der Waals surface area contributed by atoms with Crippen molar-refractivity contribution in [2.24, 2.45) is 11.8 Å². The Morgan fingerprint density at radius 3 is 2.08 bits per heavy atom. The van der Waals surface area contributed by atoms with E-state index in [0.29, 0.717) is 5.75 Å². The number of benzene rings is 1. The van der Waals surface area contributed by atoms with Gasteiger partial charge in [0.15, 0.2) is 0 Å². The molecule has 0 N–H and O–H groups in total. The summed E-state index contributed by atoms with van der Waals surface area (Å²) in [6.07, 6.45) is 20.2. The summed E-state index contributed by atoms with van der Waals surface area (Å²) in [6, 6.07) is 11.6. The predicted molar refractivity (Wildman–Crippen MR) is 148 cm³/mol. The van der Waals surface area contributed by atoms with Gasteiger partial charge >= 0.3 is 5.97 Å². The molecule has 1 aliphatic rings. The third-order valence-electron chi connectivity index (χ3n) is 7.52. The lowest BCUT2D eigenvalue weighted by molar-refractivity contribution is -0.140. The van der Waals surface area contributed by atoms with Gasteiger partial charge in [-0.05, 0) is 74.4 Å². The Balaban J connectivity index is 1.37. The average Bonchev–Trinajstić information content (AvgIpc) is 2.92. The molecule has 1 aliphatic carbocycles. The number of hydrogen-bond donors (Lipinski definition) is 0. The lowest BCUT2D eigenvalue weighted by Crippen LogP contribution is -2.25. The molecular weight excluding hydrogens is 446 g/mol. The first-order valence-electron chi connectivity index (χ1n) is 14.6. The molecule has 0 aliphatic heterocycles. The third-order valence-corrected chi connectivity index (χ3v) is 7.52. The number of aromatic nitrogens is 1. The van der Waals surface area contributed by atoms with E-state index >= 15 is 0 Å². The van der Waals surface area contributed by atoms with Crippen molar-refractivity contribution in [1.29, 1.82) is 0 Å². The number of pyridine rings is 1. The Bertz CT molecular complexity index is 854. The second-order valence-electron chi connectivity index (χ2n) is 10.5. The maximum Gasteiger partial charge on any atom is 0.314 e. The van der Waals surface area contributed by atoms with Gasteiger partial charge in [0.25, 0.3) is 0 Å². The molecule has 2 aromatic rings. The fourth-order valence-corrected chi connectivity index (χ4v) is 5.15. The summed E-state index contributed by atoms with van der Waals surface area (Å²) in [6.45, 7) is 5.24. The number of nitrogens with zero attached hydrogens (tertiary/aromatic N) is 1. The molecule has 1 saturated carbocycles. The maximum absolute atomic E-state index is 12.7. The van der Waals surface area contributed by atoms with Gasteiger partial charge in [0.1, 0.15) is 11.5 Å². The van der Waals surface area contributed by atoms with E-state index in [4.69, 9.17) is 9.47 Å². The minimum absolute atomic E-state index is 0.0436. The van der Waals surface area contributed by atoms with Gasteiger partial charge in [-0.25, -0.2) is 0 Å². The van der Waals surface area contributed by atoms with Gasteiger partial charge in [0, 0.05) is 5.56 Å². The van der Waals surface area contributed by atoms with Gasteiger partial charge < -0.3 is 9.47 Å². The average molecular weight is 494 g/mol. The molecule has 4 heteroatoms. The Morgan fingerprint density at radius 2 is 1.42 bits per heavy atom. The highest BCUT2D eigenvalue weighted by molar-refractivity contribution is 5.75. The van der Waals surface area contributed by atoms with Crippen LogP contribution in [0.5, 0.6) is 11.5 Å². The minimum atomic E-state index is -0.0721. The van der Waals surface area contributed by atoms with Crippen LogP contribution in [0.15, 0.2) is 42.6 Å². The number of carbonyl (C=O) groups excluding carboxylic acids is 1. The fraction of sp³-hybridized carbons (Fsp3) is 0.625. The van der Waals surface area contributed by atoms with Crippen LogP contribution in [0.2, 0.25) is 0 Å². The van der Waals surface area contributed by atoms with E-state index in [-0.39, 0.29) is 11.9 Å². The van der Waals surface area contributed by atoms with E-state index in [2.05, 4.69) is 18.8 Å². The first-order chi connectivity index (χ1) is 17.7. The van der Waals surface area contributed by atoms with Crippen LogP contribution in [0.1, 0.15) is 110 Å². The number of esters is 1. The Labute approximate surface area is 219 Å². The van der Waals surface area contributed by atoms with Gasteiger partial charge in [-0.1, -0.05) is 78.1 Å². The van der Waals surface area contributed by atoms with Gasteiger partial charge in [-0.2, -0.15) is 0 Å². The molecule has 1 aromatic carbocycles. The fourth-order valence-electron chi connectivity index (χ4n) is 5.15. The molecule has 4 nitrogen and oxygen atoms in total. The van der Waals surface area contributed by atoms with Crippen molar-refractivity contribution in [1.82, 2.24) is 4.98 Å². The van der Waals surface area contributed by atoms with Crippen LogP contribution in [-0.4, -0.2) is 17.6 Å². The van der Waals surface area contributed by atoms with E-state index in [9.17, 15) is 4.79 Å². The Kier molecular flexibility index (Phi) is 12.9. The van der Waals surface area contributed by atoms with Gasteiger partial charge in [0.05, 0.1) is 24.4 Å². The van der Waals surface area contributed by atoms with Crippen LogP contribution in [0.4, 0.5) is 0 Å². The van der Waals surface area contributed by atoms with Crippen molar-refractivity contribution in [3.05, 3.63) is 42.6 Å². The van der Waals surface area contributed by atoms with Crippen molar-refractivity contribution >= 4 is 5.97 Å². The lowest BCUT2D eigenvalue weighted by atomic mass is 9.80. The molecule has 1 heterocycles. The monoisotopic (exact) mass is 493 g/mol. The number of hydrogen-bond acceptors (Lipinski definition) is 4. The number of carbonyl (C=O) groups is 1. The normalized spacial score (nSPS) is 17.6. The molecule has 36 heavy (non-hydrogen) atoms. The van der Waals surface area contributed by atoms with E-state index in [1.807, 2.05) is 36.4 Å². The summed E-state index contributed by atoms with van der Waals surface area (Å²) >= 11 is 0. The van der Waals surface area contributed by atoms with Crippen LogP contribution >= 0.6 is 0 Å². The quantitative estimate of drug-likeness (QED) is 0.133. The van der Waals surface area contributed by atoms with Crippen molar-refractivity contribution in [2.75, 3.05) is 6.61 Å².